The molecule has 0 aliphatic carbocycles. The number of aryl methyl sites for hydroxylation is 2. The molecule has 4 aromatic rings. The lowest BCUT2D eigenvalue weighted by atomic mass is 9.91. The summed E-state index contributed by atoms with van der Waals surface area (Å²) < 4.78 is 0. The number of fused-ring (bicyclic) bond motifs is 1. The quantitative estimate of drug-likeness (QED) is 0.298. The fourth-order valence-corrected chi connectivity index (χ4v) is 3.43. The summed E-state index contributed by atoms with van der Waals surface area (Å²) in [4.78, 5) is 0. The summed E-state index contributed by atoms with van der Waals surface area (Å²) in [5.41, 5.74) is 7.74. The Morgan fingerprint density at radius 3 is 1.03 bits per heavy atom. The van der Waals surface area contributed by atoms with Crippen LogP contribution in [0.4, 0.5) is 0 Å². The van der Waals surface area contributed by atoms with E-state index >= 15 is 0 Å². The van der Waals surface area contributed by atoms with Gasteiger partial charge in [0.2, 0.25) is 0 Å². The SMILES string of the molecule is CC.CC.CC.CC.Cc1cccc(-c2ccc(-c3cccc(C)c3)c3ccccc23)c1. The summed E-state index contributed by atoms with van der Waals surface area (Å²) in [5, 5.41) is 2.62. The number of rotatable bonds is 2. The lowest BCUT2D eigenvalue weighted by Crippen LogP contribution is -1.87. The van der Waals surface area contributed by atoms with E-state index in [9.17, 15) is 0 Å². The summed E-state index contributed by atoms with van der Waals surface area (Å²) >= 11 is 0. The molecule has 0 spiro atoms. The van der Waals surface area contributed by atoms with Crippen LogP contribution in [0.5, 0.6) is 0 Å². The van der Waals surface area contributed by atoms with Crippen LogP contribution in [0.2, 0.25) is 0 Å². The molecular weight excluding hydrogens is 384 g/mol. The second-order valence-electron chi connectivity index (χ2n) is 6.45. The smallest absolute Gasteiger partial charge is 0.00992 e. The van der Waals surface area contributed by atoms with Gasteiger partial charge in [0.15, 0.2) is 0 Å². The maximum atomic E-state index is 2.26. The number of hydrogen-bond donors (Lipinski definition) is 0. The van der Waals surface area contributed by atoms with Gasteiger partial charge in [-0.25, -0.2) is 0 Å². The van der Waals surface area contributed by atoms with Crippen molar-refractivity contribution in [3.8, 4) is 22.3 Å². The van der Waals surface area contributed by atoms with E-state index in [2.05, 4.69) is 98.8 Å². The van der Waals surface area contributed by atoms with E-state index in [0.29, 0.717) is 0 Å². The van der Waals surface area contributed by atoms with Gasteiger partial charge >= 0.3 is 0 Å². The minimum Gasteiger partial charge on any atom is -0.0683 e. The van der Waals surface area contributed by atoms with E-state index in [4.69, 9.17) is 0 Å². The molecule has 4 rings (SSSR count). The zero-order valence-corrected chi connectivity index (χ0v) is 22.1. The van der Waals surface area contributed by atoms with E-state index < -0.39 is 0 Å². The fraction of sp³-hybridized carbons (Fsp3) is 0.312. The third-order valence-electron chi connectivity index (χ3n) is 4.58. The molecule has 172 valence electrons. The Kier molecular flexibility index (Phi) is 15.3. The lowest BCUT2D eigenvalue weighted by molar-refractivity contribution is 1.46. The average molecular weight is 429 g/mol. The molecule has 0 radical (unpaired) electrons. The Morgan fingerprint density at radius 1 is 0.375 bits per heavy atom. The summed E-state index contributed by atoms with van der Waals surface area (Å²) in [6.07, 6.45) is 0. The minimum atomic E-state index is 1.28. The van der Waals surface area contributed by atoms with E-state index in [-0.39, 0.29) is 0 Å². The van der Waals surface area contributed by atoms with E-state index in [1.54, 1.807) is 0 Å². The number of hydrogen-bond acceptors (Lipinski definition) is 0. The molecule has 0 bridgehead atoms. The van der Waals surface area contributed by atoms with Crippen LogP contribution in [-0.4, -0.2) is 0 Å². The van der Waals surface area contributed by atoms with Crippen LogP contribution < -0.4 is 0 Å². The van der Waals surface area contributed by atoms with Crippen molar-refractivity contribution in [3.63, 3.8) is 0 Å². The zero-order chi connectivity index (χ0) is 24.5. The topological polar surface area (TPSA) is 0 Å². The van der Waals surface area contributed by atoms with Crippen molar-refractivity contribution in [2.24, 2.45) is 0 Å². The maximum Gasteiger partial charge on any atom is -0.00992 e. The highest BCUT2D eigenvalue weighted by Gasteiger charge is 2.09. The van der Waals surface area contributed by atoms with Crippen LogP contribution in [0.25, 0.3) is 33.0 Å². The van der Waals surface area contributed by atoms with Gasteiger partial charge in [-0.1, -0.05) is 151 Å². The van der Waals surface area contributed by atoms with Gasteiger partial charge in [-0.3, -0.25) is 0 Å². The van der Waals surface area contributed by atoms with Gasteiger partial charge in [0.1, 0.15) is 0 Å². The average Bonchev–Trinajstić information content (AvgIpc) is 2.88. The maximum absolute atomic E-state index is 2.26. The minimum absolute atomic E-state index is 1.28. The predicted molar refractivity (Wildman–Crippen MR) is 150 cm³/mol. The highest BCUT2D eigenvalue weighted by Crippen LogP contribution is 2.35. The molecule has 0 heteroatoms. The molecule has 0 aromatic heterocycles. The molecule has 0 aliphatic rings. The molecule has 0 N–H and O–H groups in total. The second kappa shape index (κ2) is 16.8. The van der Waals surface area contributed by atoms with Crippen molar-refractivity contribution in [3.05, 3.63) is 96.1 Å². The van der Waals surface area contributed by atoms with Gasteiger partial charge < -0.3 is 0 Å². The normalized spacial score (nSPS) is 8.94. The molecule has 0 amide bonds. The summed E-state index contributed by atoms with van der Waals surface area (Å²) in [5.74, 6) is 0. The molecule has 32 heavy (non-hydrogen) atoms. The Morgan fingerprint density at radius 2 is 0.719 bits per heavy atom. The zero-order valence-electron chi connectivity index (χ0n) is 22.1. The first-order valence-electron chi connectivity index (χ1n) is 12.4. The Balaban J connectivity index is 0.00000109. The Bertz CT molecular complexity index is 941. The lowest BCUT2D eigenvalue weighted by Gasteiger charge is -2.13. The van der Waals surface area contributed by atoms with Crippen LogP contribution in [-0.2, 0) is 0 Å². The molecule has 4 aromatic carbocycles. The highest BCUT2D eigenvalue weighted by atomic mass is 14.1. The van der Waals surface area contributed by atoms with Crippen molar-refractivity contribution in [2.45, 2.75) is 69.2 Å². The van der Waals surface area contributed by atoms with Crippen molar-refractivity contribution >= 4 is 10.8 Å². The third kappa shape index (κ3) is 7.68. The molecule has 0 unspecified atom stereocenters. The first-order valence-corrected chi connectivity index (χ1v) is 12.4. The molecule has 0 nitrogen and oxygen atoms in total. The molecule has 0 aliphatic heterocycles. The molecule has 0 saturated heterocycles. The first-order chi connectivity index (χ1) is 15.7. The van der Waals surface area contributed by atoms with Crippen LogP contribution in [0.3, 0.4) is 0 Å². The monoisotopic (exact) mass is 428 g/mol. The van der Waals surface area contributed by atoms with Crippen LogP contribution in [0, 0.1) is 13.8 Å². The molecular formula is C32H44. The molecule has 0 fully saturated rings. The van der Waals surface area contributed by atoms with Gasteiger partial charge in [-0.05, 0) is 46.9 Å². The van der Waals surface area contributed by atoms with Crippen molar-refractivity contribution in [1.29, 1.82) is 0 Å². The fourth-order valence-electron chi connectivity index (χ4n) is 3.43. The second-order valence-corrected chi connectivity index (χ2v) is 6.45. The van der Waals surface area contributed by atoms with Crippen molar-refractivity contribution < 1.29 is 0 Å². The van der Waals surface area contributed by atoms with E-state index in [1.165, 1.54) is 44.2 Å². The first kappa shape index (κ1) is 29.1. The standard InChI is InChI=1S/C24H20.4C2H6/c1-17-7-5-9-19(15-17)21-13-14-22(20-10-6-8-18(2)16-20)24-12-4-3-11-23(21)24;4*1-2/h3-16H,1-2H3;4*1-2H3. The van der Waals surface area contributed by atoms with Gasteiger partial charge in [0.05, 0.1) is 0 Å². The van der Waals surface area contributed by atoms with Gasteiger partial charge in [0, 0.05) is 0 Å². The summed E-state index contributed by atoms with van der Waals surface area (Å²) in [6.45, 7) is 20.3. The van der Waals surface area contributed by atoms with Crippen molar-refractivity contribution in [2.75, 3.05) is 0 Å². The van der Waals surface area contributed by atoms with E-state index in [1.807, 2.05) is 55.4 Å². The molecule has 0 heterocycles. The van der Waals surface area contributed by atoms with Crippen LogP contribution >= 0.6 is 0 Å². The predicted octanol–water partition coefficient (Wildman–Crippen LogP) is 10.9. The molecule has 0 saturated carbocycles. The molecule has 0 atom stereocenters. The van der Waals surface area contributed by atoms with Gasteiger partial charge in [-0.2, -0.15) is 0 Å². The highest BCUT2D eigenvalue weighted by molar-refractivity contribution is 6.04. The van der Waals surface area contributed by atoms with Gasteiger partial charge in [0.25, 0.3) is 0 Å². The third-order valence-corrected chi connectivity index (χ3v) is 4.58. The van der Waals surface area contributed by atoms with Gasteiger partial charge in [-0.15, -0.1) is 0 Å². The number of benzene rings is 4. The summed E-state index contributed by atoms with van der Waals surface area (Å²) in [7, 11) is 0. The van der Waals surface area contributed by atoms with E-state index in [0.717, 1.165) is 0 Å². The Hall–Kier alpha value is -2.86. The van der Waals surface area contributed by atoms with Crippen LogP contribution in [0.15, 0.2) is 84.9 Å². The summed E-state index contributed by atoms with van der Waals surface area (Å²) in [6, 6.07) is 30.7. The largest absolute Gasteiger partial charge is 0.0683 e. The Labute approximate surface area is 198 Å². The van der Waals surface area contributed by atoms with Crippen molar-refractivity contribution in [1.82, 2.24) is 0 Å². The van der Waals surface area contributed by atoms with Crippen LogP contribution in [0.1, 0.15) is 66.5 Å².